The van der Waals surface area contributed by atoms with Crippen LogP contribution < -0.4 is 0 Å². The van der Waals surface area contributed by atoms with Crippen molar-refractivity contribution in [1.82, 2.24) is 9.97 Å². The molecule has 1 aromatic carbocycles. The Balaban J connectivity index is 2.02. The maximum Gasteiger partial charge on any atom is 0.157 e. The molecule has 0 atom stereocenters. The van der Waals surface area contributed by atoms with Gasteiger partial charge in [-0.05, 0) is 31.0 Å². The van der Waals surface area contributed by atoms with Crippen molar-refractivity contribution in [2.75, 3.05) is 0 Å². The molecule has 0 unspecified atom stereocenters. The fourth-order valence-electron chi connectivity index (χ4n) is 1.58. The molecule has 16 heavy (non-hydrogen) atoms. The summed E-state index contributed by atoms with van der Waals surface area (Å²) in [7, 11) is 0. The zero-order valence-electron chi connectivity index (χ0n) is 9.07. The number of aromatic amines is 1. The molecule has 3 N–H and O–H groups in total. The zero-order valence-corrected chi connectivity index (χ0v) is 9.07. The van der Waals surface area contributed by atoms with E-state index in [2.05, 4.69) is 9.97 Å². The molecule has 0 radical (unpaired) electrons. The first-order valence-electron chi connectivity index (χ1n) is 5.16. The first-order valence-corrected chi connectivity index (χ1v) is 5.16. The van der Waals surface area contributed by atoms with Gasteiger partial charge in [0.1, 0.15) is 5.82 Å². The minimum absolute atomic E-state index is 0.0758. The molecule has 0 aliphatic heterocycles. The number of benzene rings is 1. The molecule has 0 fully saturated rings. The van der Waals surface area contributed by atoms with Gasteiger partial charge in [-0.15, -0.1) is 0 Å². The second-order valence-electron chi connectivity index (χ2n) is 3.84. The topological polar surface area (TPSA) is 69.1 Å². The molecule has 2 aromatic rings. The third-order valence-electron chi connectivity index (χ3n) is 2.45. The average molecular weight is 218 g/mol. The molecular formula is C12H14N2O2. The fourth-order valence-corrected chi connectivity index (χ4v) is 1.58. The molecule has 0 saturated carbocycles. The first kappa shape index (κ1) is 10.5. The number of aryl methyl sites for hydroxylation is 3. The number of phenolic OH excluding ortho intramolecular Hbond substituents is 2. The summed E-state index contributed by atoms with van der Waals surface area (Å²) < 4.78 is 0. The number of H-pyrrole nitrogens is 1. The van der Waals surface area contributed by atoms with E-state index in [1.165, 1.54) is 6.07 Å². The van der Waals surface area contributed by atoms with Gasteiger partial charge in [-0.3, -0.25) is 0 Å². The highest BCUT2D eigenvalue weighted by Crippen LogP contribution is 2.25. The number of nitrogens with zero attached hydrogens (tertiary/aromatic N) is 1. The Bertz CT molecular complexity index is 492. The number of hydrogen-bond acceptors (Lipinski definition) is 3. The Hall–Kier alpha value is -1.97. The van der Waals surface area contributed by atoms with Gasteiger partial charge in [0.25, 0.3) is 0 Å². The van der Waals surface area contributed by atoms with Crippen molar-refractivity contribution < 1.29 is 10.2 Å². The maximum absolute atomic E-state index is 9.33. The van der Waals surface area contributed by atoms with Crippen molar-refractivity contribution in [3.63, 3.8) is 0 Å². The molecule has 4 heteroatoms. The predicted octanol–water partition coefficient (Wildman–Crippen LogP) is 1.91. The minimum Gasteiger partial charge on any atom is -0.504 e. The van der Waals surface area contributed by atoms with Crippen LogP contribution >= 0.6 is 0 Å². The van der Waals surface area contributed by atoms with Crippen LogP contribution in [0.5, 0.6) is 11.5 Å². The summed E-state index contributed by atoms with van der Waals surface area (Å²) in [6.07, 6.45) is 3.36. The van der Waals surface area contributed by atoms with Gasteiger partial charge < -0.3 is 15.2 Å². The summed E-state index contributed by atoms with van der Waals surface area (Å²) in [4.78, 5) is 7.35. The molecule has 4 nitrogen and oxygen atoms in total. The highest BCUT2D eigenvalue weighted by Gasteiger charge is 2.02. The highest BCUT2D eigenvalue weighted by molar-refractivity contribution is 5.40. The van der Waals surface area contributed by atoms with Gasteiger partial charge in [0.05, 0.1) is 0 Å². The van der Waals surface area contributed by atoms with E-state index in [-0.39, 0.29) is 11.5 Å². The largest absolute Gasteiger partial charge is 0.504 e. The van der Waals surface area contributed by atoms with E-state index in [0.29, 0.717) is 0 Å². The summed E-state index contributed by atoms with van der Waals surface area (Å²) in [5, 5.41) is 18.5. The van der Waals surface area contributed by atoms with Crippen molar-refractivity contribution in [1.29, 1.82) is 0 Å². The van der Waals surface area contributed by atoms with Gasteiger partial charge in [0, 0.05) is 18.3 Å². The fraction of sp³-hybridized carbons (Fsp3) is 0.250. The van der Waals surface area contributed by atoms with E-state index in [4.69, 9.17) is 5.11 Å². The SMILES string of the molecule is Cc1cnc(CCc2ccc(O)c(O)c2)[nH]1. The van der Waals surface area contributed by atoms with Gasteiger partial charge >= 0.3 is 0 Å². The Morgan fingerprint density at radius 3 is 2.62 bits per heavy atom. The molecule has 1 aromatic heterocycles. The lowest BCUT2D eigenvalue weighted by Gasteiger charge is -2.02. The lowest BCUT2D eigenvalue weighted by molar-refractivity contribution is 0.403. The van der Waals surface area contributed by atoms with E-state index < -0.39 is 0 Å². The molecule has 0 aliphatic carbocycles. The smallest absolute Gasteiger partial charge is 0.157 e. The number of nitrogens with one attached hydrogen (secondary N) is 1. The maximum atomic E-state index is 9.33. The van der Waals surface area contributed by atoms with Crippen LogP contribution in [0.4, 0.5) is 0 Å². The lowest BCUT2D eigenvalue weighted by Crippen LogP contribution is -1.93. The minimum atomic E-state index is -0.0856. The molecule has 1 heterocycles. The molecular weight excluding hydrogens is 204 g/mol. The molecule has 0 saturated heterocycles. The van der Waals surface area contributed by atoms with Crippen LogP contribution in [0.3, 0.4) is 0 Å². The monoisotopic (exact) mass is 218 g/mol. The summed E-state index contributed by atoms with van der Waals surface area (Å²) in [5.74, 6) is 0.774. The summed E-state index contributed by atoms with van der Waals surface area (Å²) in [6.45, 7) is 1.96. The van der Waals surface area contributed by atoms with Crippen molar-refractivity contribution >= 4 is 0 Å². The van der Waals surface area contributed by atoms with Gasteiger partial charge in [-0.1, -0.05) is 6.07 Å². The third-order valence-corrected chi connectivity index (χ3v) is 2.45. The number of rotatable bonds is 3. The van der Waals surface area contributed by atoms with Crippen molar-refractivity contribution in [3.8, 4) is 11.5 Å². The van der Waals surface area contributed by atoms with E-state index in [1.807, 2.05) is 6.92 Å². The van der Waals surface area contributed by atoms with Gasteiger partial charge in [-0.25, -0.2) is 4.98 Å². The lowest BCUT2D eigenvalue weighted by atomic mass is 10.1. The number of aromatic hydroxyl groups is 2. The second-order valence-corrected chi connectivity index (χ2v) is 3.84. The van der Waals surface area contributed by atoms with E-state index in [0.717, 1.165) is 29.9 Å². The standard InChI is InChI=1S/C12H14N2O2/c1-8-7-13-12(14-8)5-3-9-2-4-10(15)11(16)6-9/h2,4,6-7,15-16H,3,5H2,1H3,(H,13,14). The normalized spacial score (nSPS) is 10.6. The number of aromatic nitrogens is 2. The van der Waals surface area contributed by atoms with Gasteiger partial charge in [0.15, 0.2) is 11.5 Å². The van der Waals surface area contributed by atoms with Crippen LogP contribution in [0.2, 0.25) is 0 Å². The van der Waals surface area contributed by atoms with Crippen molar-refractivity contribution in [3.05, 3.63) is 41.5 Å². The molecule has 84 valence electrons. The predicted molar refractivity (Wildman–Crippen MR) is 60.5 cm³/mol. The molecule has 0 aliphatic rings. The van der Waals surface area contributed by atoms with Crippen LogP contribution in [-0.2, 0) is 12.8 Å². The summed E-state index contributed by atoms with van der Waals surface area (Å²) in [5.41, 5.74) is 2.02. The molecule has 0 amide bonds. The van der Waals surface area contributed by atoms with Crippen LogP contribution in [0.15, 0.2) is 24.4 Å². The first-order chi connectivity index (χ1) is 7.65. The highest BCUT2D eigenvalue weighted by atomic mass is 16.3. The van der Waals surface area contributed by atoms with E-state index in [1.54, 1.807) is 18.3 Å². The quantitative estimate of drug-likeness (QED) is 0.689. The summed E-state index contributed by atoms with van der Waals surface area (Å²) in [6, 6.07) is 4.87. The van der Waals surface area contributed by atoms with Crippen LogP contribution in [0.1, 0.15) is 17.1 Å². The molecule has 0 bridgehead atoms. The third kappa shape index (κ3) is 2.34. The Morgan fingerprint density at radius 2 is 2.00 bits per heavy atom. The summed E-state index contributed by atoms with van der Waals surface area (Å²) >= 11 is 0. The zero-order chi connectivity index (χ0) is 11.5. The van der Waals surface area contributed by atoms with Gasteiger partial charge in [0.2, 0.25) is 0 Å². The Labute approximate surface area is 93.6 Å². The second kappa shape index (κ2) is 4.26. The average Bonchev–Trinajstić information content (AvgIpc) is 2.66. The van der Waals surface area contributed by atoms with Gasteiger partial charge in [-0.2, -0.15) is 0 Å². The molecule has 2 rings (SSSR count). The van der Waals surface area contributed by atoms with Crippen molar-refractivity contribution in [2.24, 2.45) is 0 Å². The van der Waals surface area contributed by atoms with Crippen molar-refractivity contribution in [2.45, 2.75) is 19.8 Å². The van der Waals surface area contributed by atoms with Crippen LogP contribution in [0.25, 0.3) is 0 Å². The van der Waals surface area contributed by atoms with Crippen LogP contribution in [0, 0.1) is 6.92 Å². The van der Waals surface area contributed by atoms with Crippen LogP contribution in [-0.4, -0.2) is 20.2 Å². The molecule has 0 spiro atoms. The van der Waals surface area contributed by atoms with E-state index in [9.17, 15) is 5.11 Å². The Kier molecular flexibility index (Phi) is 2.81. The number of imidazole rings is 1. The Morgan fingerprint density at radius 1 is 1.19 bits per heavy atom. The number of hydrogen-bond donors (Lipinski definition) is 3. The number of phenols is 2. The van der Waals surface area contributed by atoms with E-state index >= 15 is 0 Å².